The summed E-state index contributed by atoms with van der Waals surface area (Å²) in [6, 6.07) is 0. The summed E-state index contributed by atoms with van der Waals surface area (Å²) in [4.78, 5) is 35.8. The molecule has 64 heavy (non-hydrogen) atoms. The third-order valence-corrected chi connectivity index (χ3v) is 13.7. The minimum atomic E-state index is -5.11. The second-order valence-electron chi connectivity index (χ2n) is 18.7. The minimum Gasteiger partial charge on any atom is -0.462 e. The van der Waals surface area contributed by atoms with Gasteiger partial charge >= 0.3 is 19.8 Å². The van der Waals surface area contributed by atoms with Gasteiger partial charge < -0.3 is 39.9 Å². The van der Waals surface area contributed by atoms with Crippen molar-refractivity contribution in [1.29, 1.82) is 0 Å². The van der Waals surface area contributed by atoms with Crippen LogP contribution in [0.2, 0.25) is 0 Å². The van der Waals surface area contributed by atoms with Gasteiger partial charge in [0.25, 0.3) is 0 Å². The van der Waals surface area contributed by atoms with Gasteiger partial charge in [-0.05, 0) is 12.8 Å². The van der Waals surface area contributed by atoms with Gasteiger partial charge in [-0.1, -0.05) is 226 Å². The first kappa shape index (κ1) is 60.9. The number of hydrogen-bond donors (Lipinski definition) is 6. The Morgan fingerprint density at radius 1 is 0.422 bits per heavy atom. The van der Waals surface area contributed by atoms with Crippen LogP contribution in [0.1, 0.15) is 251 Å². The molecule has 1 rings (SSSR count). The zero-order chi connectivity index (χ0) is 47.1. The van der Waals surface area contributed by atoms with Crippen LogP contribution < -0.4 is 0 Å². The molecule has 0 heterocycles. The van der Waals surface area contributed by atoms with Crippen molar-refractivity contribution in [3.8, 4) is 0 Å². The third kappa shape index (κ3) is 32.5. The smallest absolute Gasteiger partial charge is 0.462 e. The Hall–Kier alpha value is -1.15. The van der Waals surface area contributed by atoms with Crippen LogP contribution in [0.3, 0.4) is 0 Å². The molecule has 8 atom stereocenters. The Morgan fingerprint density at radius 2 is 0.703 bits per heavy atom. The lowest BCUT2D eigenvalue weighted by Gasteiger charge is -2.41. The Labute approximate surface area is 389 Å². The average molecular weight is 937 g/mol. The van der Waals surface area contributed by atoms with E-state index < -0.39 is 75.7 Å². The van der Waals surface area contributed by atoms with E-state index in [1.165, 1.54) is 173 Å². The van der Waals surface area contributed by atoms with Crippen molar-refractivity contribution < 1.29 is 63.1 Å². The number of aliphatic hydroxyl groups excluding tert-OH is 5. The predicted octanol–water partition coefficient (Wildman–Crippen LogP) is 11.2. The van der Waals surface area contributed by atoms with E-state index in [0.29, 0.717) is 12.8 Å². The molecular formula is C50H97O13P. The van der Waals surface area contributed by atoms with Crippen LogP contribution in [0.25, 0.3) is 0 Å². The molecule has 1 aliphatic carbocycles. The topological polar surface area (TPSA) is 210 Å². The standard InChI is InChI=1S/C50H97O13P/c1-3-5-7-9-11-13-15-17-19-20-21-22-23-24-25-27-29-31-33-35-37-39-44(52)62-42(41-61-64(58,59)63-50-48(56)46(54)45(53)47(55)49(50)57)40-60-43(51)38-36-34-32-30-28-26-18-16-14-12-10-8-6-4-2/h42,45-50,53-57H,3-41H2,1-2H3,(H,58,59)/t42-,45?,46-,47?,48?,49?,50?/m1/s1. The second-order valence-corrected chi connectivity index (χ2v) is 20.2. The molecule has 14 heteroatoms. The molecule has 380 valence electrons. The van der Waals surface area contributed by atoms with Crippen molar-refractivity contribution in [3.05, 3.63) is 0 Å². The van der Waals surface area contributed by atoms with E-state index in [-0.39, 0.29) is 12.8 Å². The number of aliphatic hydroxyl groups is 5. The maximum Gasteiger partial charge on any atom is 0.472 e. The van der Waals surface area contributed by atoms with Crippen molar-refractivity contribution in [2.24, 2.45) is 0 Å². The largest absolute Gasteiger partial charge is 0.472 e. The zero-order valence-corrected chi connectivity index (χ0v) is 41.5. The summed E-state index contributed by atoms with van der Waals surface area (Å²) in [5, 5.41) is 50.3. The number of carbonyl (C=O) groups is 2. The molecule has 0 aromatic heterocycles. The lowest BCUT2D eigenvalue weighted by atomic mass is 9.85. The van der Waals surface area contributed by atoms with E-state index in [9.17, 15) is 44.6 Å². The predicted molar refractivity (Wildman–Crippen MR) is 254 cm³/mol. The highest BCUT2D eigenvalue weighted by atomic mass is 31.2. The van der Waals surface area contributed by atoms with E-state index in [1.54, 1.807) is 0 Å². The first-order valence-electron chi connectivity index (χ1n) is 26.3. The Kier molecular flexibility index (Phi) is 38.9. The molecule has 0 aromatic carbocycles. The van der Waals surface area contributed by atoms with Gasteiger partial charge in [0.2, 0.25) is 0 Å². The molecule has 0 amide bonds. The van der Waals surface area contributed by atoms with E-state index in [1.807, 2.05) is 0 Å². The fourth-order valence-corrected chi connectivity index (χ4v) is 9.44. The second kappa shape index (κ2) is 40.9. The van der Waals surface area contributed by atoms with E-state index in [0.717, 1.165) is 38.5 Å². The summed E-state index contributed by atoms with van der Waals surface area (Å²) in [6.07, 6.45) is 30.1. The van der Waals surface area contributed by atoms with Crippen molar-refractivity contribution in [2.45, 2.75) is 294 Å². The van der Waals surface area contributed by atoms with Crippen LogP contribution in [0.5, 0.6) is 0 Å². The summed E-state index contributed by atoms with van der Waals surface area (Å²) >= 11 is 0. The third-order valence-electron chi connectivity index (χ3n) is 12.7. The Balaban J connectivity index is 2.35. The highest BCUT2D eigenvalue weighted by Gasteiger charge is 2.51. The molecule has 13 nitrogen and oxygen atoms in total. The summed E-state index contributed by atoms with van der Waals surface area (Å²) < 4.78 is 33.7. The van der Waals surface area contributed by atoms with Crippen molar-refractivity contribution in [1.82, 2.24) is 0 Å². The van der Waals surface area contributed by atoms with Gasteiger partial charge in [0.15, 0.2) is 6.10 Å². The van der Waals surface area contributed by atoms with Crippen molar-refractivity contribution in [3.63, 3.8) is 0 Å². The van der Waals surface area contributed by atoms with Crippen LogP contribution in [0, 0.1) is 0 Å². The van der Waals surface area contributed by atoms with Crippen LogP contribution in [-0.2, 0) is 32.7 Å². The Morgan fingerprint density at radius 3 is 1.03 bits per heavy atom. The highest BCUT2D eigenvalue weighted by Crippen LogP contribution is 2.47. The lowest BCUT2D eigenvalue weighted by molar-refractivity contribution is -0.220. The molecule has 1 fully saturated rings. The Bertz CT molecular complexity index is 1130. The molecule has 0 bridgehead atoms. The van der Waals surface area contributed by atoms with Crippen LogP contribution in [0.4, 0.5) is 0 Å². The zero-order valence-electron chi connectivity index (χ0n) is 40.6. The number of phosphoric ester groups is 1. The number of phosphoric acid groups is 1. The summed E-state index contributed by atoms with van der Waals surface area (Å²) in [6.45, 7) is 3.35. The molecule has 0 spiro atoms. The number of hydrogen-bond acceptors (Lipinski definition) is 12. The van der Waals surface area contributed by atoms with Gasteiger partial charge in [-0.3, -0.25) is 18.6 Å². The molecule has 0 aromatic rings. The number of carbonyl (C=O) groups excluding carboxylic acids is 2. The van der Waals surface area contributed by atoms with Gasteiger partial charge in [-0.15, -0.1) is 0 Å². The number of rotatable bonds is 45. The maximum atomic E-state index is 12.8. The fourth-order valence-electron chi connectivity index (χ4n) is 8.47. The first-order chi connectivity index (χ1) is 30.9. The summed E-state index contributed by atoms with van der Waals surface area (Å²) in [5.74, 6) is -1.08. The van der Waals surface area contributed by atoms with Crippen LogP contribution >= 0.6 is 7.82 Å². The molecule has 6 N–H and O–H groups in total. The summed E-state index contributed by atoms with van der Waals surface area (Å²) in [7, 11) is -5.11. The average Bonchev–Trinajstić information content (AvgIpc) is 3.28. The maximum absolute atomic E-state index is 12.8. The molecule has 6 unspecified atom stereocenters. The minimum absolute atomic E-state index is 0.106. The fraction of sp³-hybridized carbons (Fsp3) is 0.960. The van der Waals surface area contributed by atoms with Crippen LogP contribution in [0.15, 0.2) is 0 Å². The first-order valence-corrected chi connectivity index (χ1v) is 27.8. The van der Waals surface area contributed by atoms with E-state index >= 15 is 0 Å². The van der Waals surface area contributed by atoms with Gasteiger partial charge in [0.1, 0.15) is 43.2 Å². The number of esters is 2. The lowest BCUT2D eigenvalue weighted by Crippen LogP contribution is -2.64. The van der Waals surface area contributed by atoms with Gasteiger partial charge in [0, 0.05) is 12.8 Å². The van der Waals surface area contributed by atoms with Crippen LogP contribution in [-0.4, -0.2) is 98.3 Å². The molecular weight excluding hydrogens is 840 g/mol. The summed E-state index contributed by atoms with van der Waals surface area (Å²) in [5.41, 5.74) is 0. The van der Waals surface area contributed by atoms with E-state index in [4.69, 9.17) is 18.5 Å². The molecule has 0 saturated heterocycles. The molecule has 0 radical (unpaired) electrons. The highest BCUT2D eigenvalue weighted by molar-refractivity contribution is 7.47. The number of unbranched alkanes of at least 4 members (excludes halogenated alkanes) is 33. The number of ether oxygens (including phenoxy) is 2. The van der Waals surface area contributed by atoms with Gasteiger partial charge in [-0.2, -0.15) is 0 Å². The van der Waals surface area contributed by atoms with E-state index in [2.05, 4.69) is 13.8 Å². The van der Waals surface area contributed by atoms with Gasteiger partial charge in [-0.25, -0.2) is 4.57 Å². The normalized spacial score (nSPS) is 21.4. The van der Waals surface area contributed by atoms with Crippen molar-refractivity contribution >= 4 is 19.8 Å². The molecule has 1 saturated carbocycles. The monoisotopic (exact) mass is 937 g/mol. The quantitative estimate of drug-likeness (QED) is 0.0191. The van der Waals surface area contributed by atoms with Crippen molar-refractivity contribution in [2.75, 3.05) is 13.2 Å². The molecule has 1 aliphatic rings. The SMILES string of the molecule is CCCCCCCCCCCCCCCCCCCCCCCC(=O)O[C@H](COC(=O)CCCCCCCCCCCCCCCC)COP(=O)(O)OC1C(O)C(O)C(O)[C@@H](O)C1O. The van der Waals surface area contributed by atoms with Gasteiger partial charge in [0.05, 0.1) is 6.61 Å². The molecule has 0 aliphatic heterocycles.